The molecule has 1 aliphatic heterocycles. The van der Waals surface area contributed by atoms with Gasteiger partial charge < -0.3 is 25.0 Å². The lowest BCUT2D eigenvalue weighted by atomic mass is 9.92. The van der Waals surface area contributed by atoms with E-state index in [0.717, 1.165) is 50.4 Å². The Morgan fingerprint density at radius 1 is 1.18 bits per heavy atom. The third kappa shape index (κ3) is 4.54. The molecule has 0 aliphatic carbocycles. The second kappa shape index (κ2) is 10.1. The fourth-order valence-electron chi connectivity index (χ4n) is 5.11. The van der Waals surface area contributed by atoms with E-state index in [1.165, 1.54) is 0 Å². The van der Waals surface area contributed by atoms with Crippen LogP contribution >= 0.6 is 0 Å². The van der Waals surface area contributed by atoms with E-state index in [9.17, 15) is 5.11 Å². The fourth-order valence-corrected chi connectivity index (χ4v) is 5.11. The number of aliphatic hydroxyl groups excluding tert-OH is 1. The molecule has 0 saturated carbocycles. The van der Waals surface area contributed by atoms with Gasteiger partial charge in [0.25, 0.3) is 0 Å². The van der Waals surface area contributed by atoms with E-state index >= 15 is 4.39 Å². The monoisotopic (exact) mass is 536 g/mol. The number of ether oxygens (including phenoxy) is 1. The van der Waals surface area contributed by atoms with Crippen LogP contribution in [0.25, 0.3) is 33.4 Å². The lowest BCUT2D eigenvalue weighted by Gasteiger charge is -2.19. The zero-order chi connectivity index (χ0) is 28.0. The summed E-state index contributed by atoms with van der Waals surface area (Å²) in [6.07, 6.45) is 1.33. The second-order valence-corrected chi connectivity index (χ2v) is 10.0. The van der Waals surface area contributed by atoms with Crippen molar-refractivity contribution in [3.63, 3.8) is 0 Å². The zero-order valence-electron chi connectivity index (χ0n) is 22.5. The lowest BCUT2D eigenvalue weighted by Crippen LogP contribution is -2.19. The third-order valence-corrected chi connectivity index (χ3v) is 7.09. The highest BCUT2D eigenvalue weighted by Gasteiger charge is 2.27. The van der Waals surface area contributed by atoms with Crippen LogP contribution < -0.4 is 15.4 Å². The molecule has 1 unspecified atom stereocenters. The molecule has 4 heterocycles. The van der Waals surface area contributed by atoms with Gasteiger partial charge in [0.2, 0.25) is 5.88 Å². The molecule has 2 aromatic carbocycles. The maximum atomic E-state index is 15.7. The summed E-state index contributed by atoms with van der Waals surface area (Å²) >= 11 is 0. The molecule has 202 valence electrons. The average molecular weight is 537 g/mol. The first-order valence-corrected chi connectivity index (χ1v) is 13.0. The number of benzene rings is 2. The lowest BCUT2D eigenvalue weighted by molar-refractivity contribution is 0.240. The van der Waals surface area contributed by atoms with Gasteiger partial charge >= 0.3 is 0 Å². The molecule has 1 atom stereocenters. The third-order valence-electron chi connectivity index (χ3n) is 7.09. The number of anilines is 2. The molecule has 0 fully saturated rings. The Bertz CT molecular complexity index is 1760. The molecule has 3 N–H and O–H groups in total. The van der Waals surface area contributed by atoms with Crippen LogP contribution in [0, 0.1) is 12.7 Å². The van der Waals surface area contributed by atoms with Crippen molar-refractivity contribution >= 4 is 22.5 Å². The first-order chi connectivity index (χ1) is 19.3. The van der Waals surface area contributed by atoms with Crippen molar-refractivity contribution in [1.29, 1.82) is 0 Å². The number of fused-ring (bicyclic) bond motifs is 2. The number of halogens is 1. The maximum Gasteiger partial charge on any atom is 0.219 e. The number of pyridine rings is 1. The van der Waals surface area contributed by atoms with Crippen LogP contribution in [0.2, 0.25) is 0 Å². The van der Waals surface area contributed by atoms with Gasteiger partial charge in [0, 0.05) is 36.6 Å². The number of nitrogens with one attached hydrogen (secondary N) is 2. The van der Waals surface area contributed by atoms with Crippen molar-refractivity contribution in [2.45, 2.75) is 26.5 Å². The van der Waals surface area contributed by atoms with Crippen molar-refractivity contribution < 1.29 is 14.2 Å². The van der Waals surface area contributed by atoms with Crippen molar-refractivity contribution in [2.24, 2.45) is 7.05 Å². The predicted octanol–water partition coefficient (Wildman–Crippen LogP) is 6.21. The zero-order valence-corrected chi connectivity index (χ0v) is 22.5. The highest BCUT2D eigenvalue weighted by Crippen LogP contribution is 2.45. The molecule has 8 nitrogen and oxygen atoms in total. The van der Waals surface area contributed by atoms with E-state index in [1.54, 1.807) is 31.5 Å². The van der Waals surface area contributed by atoms with E-state index in [2.05, 4.69) is 32.2 Å². The molecule has 0 spiro atoms. The summed E-state index contributed by atoms with van der Waals surface area (Å²) in [7, 11) is 1.95. The number of rotatable bonds is 6. The first kappa shape index (κ1) is 25.5. The number of aryl methyl sites for hydroxylation is 2. The Kier molecular flexibility index (Phi) is 6.43. The molecule has 0 bridgehead atoms. The standard InChI is InChI=1S/C31H29FN6O2/c1-17(2)31(39)37-21-10-8-19(9-11-21)28-26-22-15-23(32)24(40-25-7-5-6-18(3)36-25)14-20(22)12-13-33-29-27(26)30(38(28)4)35-16-34-29/h5-11,14-16,31,37,39H,1,12-13H2,2-4H3,(H,33,34,35). The minimum Gasteiger partial charge on any atom is -0.436 e. The summed E-state index contributed by atoms with van der Waals surface area (Å²) in [6, 6.07) is 16.4. The second-order valence-electron chi connectivity index (χ2n) is 10.0. The smallest absolute Gasteiger partial charge is 0.219 e. The molecule has 5 aromatic rings. The van der Waals surface area contributed by atoms with Crippen molar-refractivity contribution in [3.8, 4) is 34.0 Å². The van der Waals surface area contributed by atoms with Crippen LogP contribution in [0.1, 0.15) is 18.2 Å². The molecular formula is C31H29FN6O2. The van der Waals surface area contributed by atoms with Gasteiger partial charge in [-0.1, -0.05) is 24.8 Å². The summed E-state index contributed by atoms with van der Waals surface area (Å²) in [5.74, 6) is 0.697. The van der Waals surface area contributed by atoms with Gasteiger partial charge in [0.1, 0.15) is 24.0 Å². The average Bonchev–Trinajstić information content (AvgIpc) is 3.22. The molecule has 0 amide bonds. The number of nitrogens with zero attached hydrogens (tertiary/aromatic N) is 4. The highest BCUT2D eigenvalue weighted by atomic mass is 19.1. The van der Waals surface area contributed by atoms with Crippen molar-refractivity contribution in [2.75, 3.05) is 17.2 Å². The quantitative estimate of drug-likeness (QED) is 0.175. The van der Waals surface area contributed by atoms with Crippen LogP contribution in [-0.2, 0) is 13.5 Å². The minimum absolute atomic E-state index is 0.127. The van der Waals surface area contributed by atoms with Gasteiger partial charge in [0.05, 0.1) is 11.1 Å². The van der Waals surface area contributed by atoms with E-state index in [0.29, 0.717) is 30.2 Å². The summed E-state index contributed by atoms with van der Waals surface area (Å²) in [5.41, 5.74) is 7.22. The van der Waals surface area contributed by atoms with Crippen LogP contribution in [-0.4, -0.2) is 37.4 Å². The van der Waals surface area contributed by atoms with Gasteiger partial charge in [-0.25, -0.2) is 19.3 Å². The van der Waals surface area contributed by atoms with Gasteiger partial charge in [-0.2, -0.15) is 0 Å². The number of hydrogen-bond acceptors (Lipinski definition) is 7. The largest absolute Gasteiger partial charge is 0.436 e. The summed E-state index contributed by atoms with van der Waals surface area (Å²) in [4.78, 5) is 13.5. The van der Waals surface area contributed by atoms with Gasteiger partial charge in [-0.05, 0) is 72.9 Å². The van der Waals surface area contributed by atoms with Gasteiger partial charge in [-0.3, -0.25) is 0 Å². The SMILES string of the molecule is C=C(C)C(O)Nc1ccc(-c2c3c4c(ncnc4n2C)NCCc2cc(Oc4cccc(C)n4)c(F)cc2-3)cc1. The van der Waals surface area contributed by atoms with Crippen LogP contribution in [0.15, 0.2) is 73.1 Å². The number of aromatic nitrogens is 4. The molecule has 3 aromatic heterocycles. The van der Waals surface area contributed by atoms with Crippen LogP contribution in [0.3, 0.4) is 0 Å². The van der Waals surface area contributed by atoms with Crippen LogP contribution in [0.4, 0.5) is 15.9 Å². The van der Waals surface area contributed by atoms with Crippen LogP contribution in [0.5, 0.6) is 11.6 Å². The summed E-state index contributed by atoms with van der Waals surface area (Å²) in [6.45, 7) is 8.03. The molecule has 0 saturated heterocycles. The van der Waals surface area contributed by atoms with E-state index < -0.39 is 12.0 Å². The highest BCUT2D eigenvalue weighted by molar-refractivity contribution is 6.09. The van der Waals surface area contributed by atoms with Gasteiger partial charge in [0.15, 0.2) is 11.6 Å². The Labute approximate surface area is 231 Å². The normalized spacial score (nSPS) is 13.1. The van der Waals surface area contributed by atoms with Crippen molar-refractivity contribution in [1.82, 2.24) is 19.5 Å². The van der Waals surface area contributed by atoms with E-state index in [4.69, 9.17) is 4.74 Å². The first-order valence-electron chi connectivity index (χ1n) is 13.0. The molecule has 40 heavy (non-hydrogen) atoms. The van der Waals surface area contributed by atoms with Crippen molar-refractivity contribution in [3.05, 3.63) is 90.2 Å². The molecule has 1 aliphatic rings. The minimum atomic E-state index is -0.845. The Morgan fingerprint density at radius 2 is 1.98 bits per heavy atom. The Morgan fingerprint density at radius 3 is 2.73 bits per heavy atom. The maximum absolute atomic E-state index is 15.7. The van der Waals surface area contributed by atoms with E-state index in [-0.39, 0.29) is 5.75 Å². The predicted molar refractivity (Wildman–Crippen MR) is 155 cm³/mol. The fraction of sp³-hybridized carbons (Fsp3) is 0.194. The topological polar surface area (TPSA) is 97.1 Å². The molecule has 0 radical (unpaired) electrons. The molecule has 6 rings (SSSR count). The Balaban J connectivity index is 1.51. The summed E-state index contributed by atoms with van der Waals surface area (Å²) in [5, 5.41) is 17.5. The number of hydrogen-bond donors (Lipinski definition) is 3. The molecular weight excluding hydrogens is 507 g/mol. The van der Waals surface area contributed by atoms with E-state index in [1.807, 2.05) is 54.9 Å². The van der Waals surface area contributed by atoms with Gasteiger partial charge in [-0.15, -0.1) is 0 Å². The summed E-state index contributed by atoms with van der Waals surface area (Å²) < 4.78 is 23.6. The Hall–Kier alpha value is -4.76. The number of aliphatic hydroxyl groups is 1. The molecule has 9 heteroatoms.